The van der Waals surface area contributed by atoms with Gasteiger partial charge in [0.15, 0.2) is 11.9 Å². The molecule has 4 atom stereocenters. The molecule has 17 nitrogen and oxygen atoms in total. The van der Waals surface area contributed by atoms with Crippen molar-refractivity contribution in [2.24, 2.45) is 32.9 Å². The number of phenolic OH excluding ortho intramolecular Hbond substituents is 1. The average molecular weight is 730 g/mol. The van der Waals surface area contributed by atoms with Gasteiger partial charge in [-0.25, -0.2) is 0 Å². The number of benzene rings is 3. The van der Waals surface area contributed by atoms with Crippen LogP contribution in [0.5, 0.6) is 5.75 Å². The summed E-state index contributed by atoms with van der Waals surface area (Å²) in [5.74, 6) is -3.65. The Balaban J connectivity index is 1.70. The van der Waals surface area contributed by atoms with E-state index in [-0.39, 0.29) is 62.9 Å². The Morgan fingerprint density at radius 2 is 1.09 bits per heavy atom. The minimum atomic E-state index is -1.20. The average Bonchev–Trinajstić information content (AvgIpc) is 3.12. The van der Waals surface area contributed by atoms with Crippen molar-refractivity contribution in [1.82, 2.24) is 26.6 Å². The summed E-state index contributed by atoms with van der Waals surface area (Å²) in [5.41, 5.74) is 23.1. The number of aromatic hydroxyl groups is 1. The molecule has 0 aliphatic carbocycles. The lowest BCUT2D eigenvalue weighted by molar-refractivity contribution is -0.134. The highest BCUT2D eigenvalue weighted by Gasteiger charge is 2.32. The molecule has 5 amide bonds. The van der Waals surface area contributed by atoms with Crippen molar-refractivity contribution < 1.29 is 29.1 Å². The minimum absolute atomic E-state index is 0.00299. The third-order valence-corrected chi connectivity index (χ3v) is 8.49. The van der Waals surface area contributed by atoms with Crippen molar-refractivity contribution in [2.45, 2.75) is 62.7 Å². The number of rotatable bonds is 12. The minimum Gasteiger partial charge on any atom is -0.508 e. The normalized spacial score (nSPS) is 20.0. The molecule has 1 saturated heterocycles. The zero-order valence-corrected chi connectivity index (χ0v) is 29.2. The van der Waals surface area contributed by atoms with Crippen molar-refractivity contribution in [3.05, 3.63) is 77.9 Å². The second-order valence-corrected chi connectivity index (χ2v) is 12.7. The van der Waals surface area contributed by atoms with Gasteiger partial charge in [-0.05, 0) is 59.7 Å². The Kier molecular flexibility index (Phi) is 14.3. The summed E-state index contributed by atoms with van der Waals surface area (Å²) in [7, 11) is 0. The van der Waals surface area contributed by atoms with Gasteiger partial charge in [-0.15, -0.1) is 0 Å². The van der Waals surface area contributed by atoms with E-state index >= 15 is 0 Å². The molecule has 3 aromatic rings. The fourth-order valence-corrected chi connectivity index (χ4v) is 5.79. The van der Waals surface area contributed by atoms with E-state index in [4.69, 9.17) is 22.9 Å². The molecule has 1 fully saturated rings. The van der Waals surface area contributed by atoms with Crippen molar-refractivity contribution in [2.75, 3.05) is 19.6 Å². The number of fused-ring (bicyclic) bond motifs is 1. The highest BCUT2D eigenvalue weighted by molar-refractivity contribution is 5.97. The summed E-state index contributed by atoms with van der Waals surface area (Å²) < 4.78 is 0. The van der Waals surface area contributed by atoms with Crippen molar-refractivity contribution in [1.29, 1.82) is 0 Å². The maximum atomic E-state index is 14.1. The number of guanidine groups is 2. The third-order valence-electron chi connectivity index (χ3n) is 8.49. The van der Waals surface area contributed by atoms with E-state index < -0.39 is 60.2 Å². The lowest BCUT2D eigenvalue weighted by atomic mass is 9.99. The van der Waals surface area contributed by atoms with E-state index in [0.717, 1.165) is 16.3 Å². The first-order chi connectivity index (χ1) is 25.4. The lowest BCUT2D eigenvalue weighted by Gasteiger charge is -2.26. The predicted octanol–water partition coefficient (Wildman–Crippen LogP) is -1.49. The molecule has 1 aliphatic rings. The summed E-state index contributed by atoms with van der Waals surface area (Å²) in [5, 5.41) is 25.1. The Hall–Kier alpha value is -6.39. The highest BCUT2D eigenvalue weighted by Crippen LogP contribution is 2.18. The van der Waals surface area contributed by atoms with Gasteiger partial charge in [0.2, 0.25) is 29.5 Å². The zero-order valence-electron chi connectivity index (χ0n) is 29.2. The van der Waals surface area contributed by atoms with Gasteiger partial charge < -0.3 is 54.6 Å². The molecule has 282 valence electrons. The van der Waals surface area contributed by atoms with Gasteiger partial charge in [-0.1, -0.05) is 54.6 Å². The van der Waals surface area contributed by atoms with Crippen molar-refractivity contribution in [3.63, 3.8) is 0 Å². The number of aliphatic imine (C=N–C) groups is 2. The van der Waals surface area contributed by atoms with Gasteiger partial charge in [0, 0.05) is 25.9 Å². The highest BCUT2D eigenvalue weighted by atomic mass is 16.3. The van der Waals surface area contributed by atoms with E-state index in [0.29, 0.717) is 12.0 Å². The predicted molar refractivity (Wildman–Crippen MR) is 200 cm³/mol. The summed E-state index contributed by atoms with van der Waals surface area (Å²) in [6, 6.07) is 14.7. The number of hydrogen-bond donors (Lipinski definition) is 10. The maximum absolute atomic E-state index is 14.1. The van der Waals surface area contributed by atoms with Crippen LogP contribution in [0.15, 0.2) is 76.7 Å². The number of nitrogens with zero attached hydrogens (tertiary/aromatic N) is 2. The van der Waals surface area contributed by atoms with Crippen LogP contribution in [0.2, 0.25) is 0 Å². The molecule has 0 unspecified atom stereocenters. The zero-order chi connectivity index (χ0) is 38.3. The molecule has 3 aromatic carbocycles. The summed E-state index contributed by atoms with van der Waals surface area (Å²) >= 11 is 0. The van der Waals surface area contributed by atoms with E-state index in [1.807, 2.05) is 42.5 Å². The van der Waals surface area contributed by atoms with Crippen LogP contribution in [0.4, 0.5) is 0 Å². The molecule has 1 heterocycles. The molecule has 0 bridgehead atoms. The second kappa shape index (κ2) is 19.3. The Morgan fingerprint density at radius 3 is 1.70 bits per heavy atom. The summed E-state index contributed by atoms with van der Waals surface area (Å²) in [4.78, 5) is 76.4. The Morgan fingerprint density at radius 1 is 0.604 bits per heavy atom. The van der Waals surface area contributed by atoms with Crippen LogP contribution in [-0.4, -0.2) is 90.4 Å². The van der Waals surface area contributed by atoms with Crippen LogP contribution < -0.4 is 49.5 Å². The standard InChI is InChI=1S/C36H47N11O6/c37-35(38)41-15-3-7-26-31(50)43-20-30(49)44-28(18-21-10-13-25(48)14-11-21)33(52)47-29(19-22-9-12-23-5-1-2-6-24(23)17-22)34(53)46-27(32(51)45-26)8-4-16-42-36(39)40/h1-2,5-6,9-14,17,26-29,48H,3-4,7-8,15-16,18-20H2,(H,43,50)(H,44,49)(H,45,51)(H,46,53)(H,47,52)(H4,37,38,41)(H4,39,40,42)/t26-,27+,28-,29-/m0/s1. The maximum Gasteiger partial charge on any atom is 0.243 e. The van der Waals surface area contributed by atoms with Crippen molar-refractivity contribution in [3.8, 4) is 5.75 Å². The number of hydrogen-bond acceptors (Lipinski definition) is 8. The van der Waals surface area contributed by atoms with Crippen LogP contribution in [-0.2, 0) is 36.8 Å². The van der Waals surface area contributed by atoms with Crippen LogP contribution in [0.25, 0.3) is 10.8 Å². The fourth-order valence-electron chi connectivity index (χ4n) is 5.79. The first-order valence-corrected chi connectivity index (χ1v) is 17.2. The molecule has 0 saturated carbocycles. The quantitative estimate of drug-likeness (QED) is 0.0585. The number of nitrogens with one attached hydrogen (secondary N) is 5. The molecular formula is C36H47N11O6. The SMILES string of the molecule is NC(N)=NCCC[C@@H]1NC(=O)[C@@H](CCCN=C(N)N)NC(=O)[C@H](Cc2ccc3ccccc3c2)NC(=O)[C@H](Cc2ccc(O)cc2)NC(=O)CNC1=O. The molecule has 53 heavy (non-hydrogen) atoms. The summed E-state index contributed by atoms with van der Waals surface area (Å²) in [6.45, 7) is -0.184. The molecule has 14 N–H and O–H groups in total. The smallest absolute Gasteiger partial charge is 0.243 e. The van der Waals surface area contributed by atoms with Gasteiger partial charge in [0.05, 0.1) is 6.54 Å². The topological polar surface area (TPSA) is 295 Å². The molecule has 4 rings (SSSR count). The number of carbonyl (C=O) groups is 5. The van der Waals surface area contributed by atoms with E-state index in [2.05, 4.69) is 36.6 Å². The van der Waals surface area contributed by atoms with Crippen LogP contribution in [0.1, 0.15) is 36.8 Å². The summed E-state index contributed by atoms with van der Waals surface area (Å²) in [6.07, 6.45) is 0.794. The molecule has 1 aliphatic heterocycles. The molecule has 0 radical (unpaired) electrons. The Bertz CT molecular complexity index is 1820. The van der Waals surface area contributed by atoms with Crippen LogP contribution in [0, 0.1) is 0 Å². The fraction of sp³-hybridized carbons (Fsp3) is 0.361. The van der Waals surface area contributed by atoms with Gasteiger partial charge in [0.25, 0.3) is 0 Å². The molecule has 17 heteroatoms. The second-order valence-electron chi connectivity index (χ2n) is 12.7. The van der Waals surface area contributed by atoms with Crippen LogP contribution >= 0.6 is 0 Å². The van der Waals surface area contributed by atoms with Crippen LogP contribution in [0.3, 0.4) is 0 Å². The largest absolute Gasteiger partial charge is 0.508 e. The molecular weight excluding hydrogens is 682 g/mol. The van der Waals surface area contributed by atoms with E-state index in [1.54, 1.807) is 12.1 Å². The van der Waals surface area contributed by atoms with Gasteiger partial charge >= 0.3 is 0 Å². The monoisotopic (exact) mass is 729 g/mol. The van der Waals surface area contributed by atoms with Gasteiger partial charge in [0.1, 0.15) is 29.9 Å². The third kappa shape index (κ3) is 12.7. The molecule has 0 aromatic heterocycles. The lowest BCUT2D eigenvalue weighted by Crippen LogP contribution is -2.58. The van der Waals surface area contributed by atoms with Gasteiger partial charge in [-0.3, -0.25) is 34.0 Å². The van der Waals surface area contributed by atoms with E-state index in [9.17, 15) is 29.1 Å². The Labute approximate surface area is 306 Å². The van der Waals surface area contributed by atoms with E-state index in [1.165, 1.54) is 12.1 Å². The van der Waals surface area contributed by atoms with Gasteiger partial charge in [-0.2, -0.15) is 0 Å². The number of carbonyl (C=O) groups excluding carboxylic acids is 5. The first kappa shape index (κ1) is 39.4. The first-order valence-electron chi connectivity index (χ1n) is 17.2. The van der Waals surface area contributed by atoms with Crippen molar-refractivity contribution >= 4 is 52.2 Å². The number of nitrogens with two attached hydrogens (primary N) is 4. The molecule has 0 spiro atoms. The number of phenols is 1. The number of amides is 5.